The number of likely N-dealkylation sites (tertiary alicyclic amines) is 1. The summed E-state index contributed by atoms with van der Waals surface area (Å²) in [4.78, 5) is 18.4. The number of nitrogens with zero attached hydrogens (tertiary/aromatic N) is 3. The van der Waals surface area contributed by atoms with E-state index in [4.69, 9.17) is 6.42 Å². The monoisotopic (exact) mass is 309 g/mol. The molecule has 6 nitrogen and oxygen atoms in total. The molecule has 0 radical (unpaired) electrons. The molecule has 2 heterocycles. The molecule has 2 aromatic rings. The number of aromatic nitrogens is 3. The third-order valence-electron chi connectivity index (χ3n) is 3.97. The van der Waals surface area contributed by atoms with Crippen molar-refractivity contribution in [2.24, 2.45) is 0 Å². The molecule has 0 saturated carbocycles. The first-order chi connectivity index (χ1) is 11.3. The van der Waals surface area contributed by atoms with E-state index in [1.165, 1.54) is 0 Å². The van der Waals surface area contributed by atoms with Gasteiger partial charge in [0.1, 0.15) is 5.82 Å². The fraction of sp³-hybridized carbons (Fsp3) is 0.353. The van der Waals surface area contributed by atoms with Crippen molar-refractivity contribution in [3.05, 3.63) is 36.2 Å². The van der Waals surface area contributed by atoms with Crippen LogP contribution in [0.3, 0.4) is 0 Å². The number of terminal acetylenes is 1. The number of hydrogen-bond donors (Lipinski definition) is 2. The van der Waals surface area contributed by atoms with Crippen LogP contribution in [0.2, 0.25) is 0 Å². The minimum absolute atomic E-state index is 0.115. The molecule has 3 rings (SSSR count). The number of carbonyl (C=O) groups is 1. The van der Waals surface area contributed by atoms with Gasteiger partial charge in [-0.05, 0) is 12.8 Å². The van der Waals surface area contributed by atoms with E-state index in [1.54, 1.807) is 4.90 Å². The Morgan fingerprint density at radius 2 is 2.26 bits per heavy atom. The van der Waals surface area contributed by atoms with Crippen LogP contribution in [0.5, 0.6) is 0 Å². The van der Waals surface area contributed by atoms with E-state index in [-0.39, 0.29) is 18.5 Å². The second-order valence-corrected chi connectivity index (χ2v) is 5.56. The van der Waals surface area contributed by atoms with Crippen molar-refractivity contribution < 1.29 is 4.79 Å². The second-order valence-electron chi connectivity index (χ2n) is 5.56. The highest BCUT2D eigenvalue weighted by Crippen LogP contribution is 2.26. The minimum Gasteiger partial charge on any atom is -0.327 e. The first kappa shape index (κ1) is 15.1. The Labute approximate surface area is 135 Å². The maximum absolute atomic E-state index is 12.0. The van der Waals surface area contributed by atoms with Crippen molar-refractivity contribution in [3.8, 4) is 23.7 Å². The van der Waals surface area contributed by atoms with Gasteiger partial charge in [0, 0.05) is 24.6 Å². The Balaban J connectivity index is 1.69. The van der Waals surface area contributed by atoms with Crippen molar-refractivity contribution in [1.82, 2.24) is 25.4 Å². The van der Waals surface area contributed by atoms with Crippen LogP contribution in [0, 0.1) is 12.3 Å². The average Bonchev–Trinajstić information content (AvgIpc) is 3.11. The van der Waals surface area contributed by atoms with E-state index in [0.717, 1.165) is 30.8 Å². The van der Waals surface area contributed by atoms with Gasteiger partial charge in [0.05, 0.1) is 6.54 Å². The number of piperidine rings is 1. The van der Waals surface area contributed by atoms with Crippen LogP contribution in [0.1, 0.15) is 24.6 Å². The summed E-state index contributed by atoms with van der Waals surface area (Å²) in [5.74, 6) is 4.11. The highest BCUT2D eigenvalue weighted by atomic mass is 16.2. The van der Waals surface area contributed by atoms with Crippen LogP contribution in [-0.2, 0) is 0 Å². The lowest BCUT2D eigenvalue weighted by Gasteiger charge is -2.31. The van der Waals surface area contributed by atoms with Crippen LogP contribution in [0.25, 0.3) is 11.4 Å². The molecule has 23 heavy (non-hydrogen) atoms. The zero-order chi connectivity index (χ0) is 16.1. The molecule has 2 amide bonds. The van der Waals surface area contributed by atoms with Gasteiger partial charge >= 0.3 is 6.03 Å². The fourth-order valence-electron chi connectivity index (χ4n) is 2.80. The van der Waals surface area contributed by atoms with E-state index < -0.39 is 0 Å². The first-order valence-electron chi connectivity index (χ1n) is 7.72. The Morgan fingerprint density at radius 3 is 3.04 bits per heavy atom. The standard InChI is InChI=1S/C17H19N5O/c1-2-10-18-17(23)22-11-6-9-14(12-22)16-19-15(20-21-16)13-7-4-3-5-8-13/h1,3-5,7-8,14H,6,9-12H2,(H,18,23)(H,19,20,21)/t14-/m0/s1. The summed E-state index contributed by atoms with van der Waals surface area (Å²) in [7, 11) is 0. The lowest BCUT2D eigenvalue weighted by Crippen LogP contribution is -2.45. The largest absolute Gasteiger partial charge is 0.327 e. The number of benzene rings is 1. The molecule has 0 spiro atoms. The lowest BCUT2D eigenvalue weighted by molar-refractivity contribution is 0.179. The molecule has 1 saturated heterocycles. The topological polar surface area (TPSA) is 73.9 Å². The molecule has 1 atom stereocenters. The van der Waals surface area contributed by atoms with Gasteiger partial charge < -0.3 is 10.2 Å². The van der Waals surface area contributed by atoms with Crippen LogP contribution in [0.4, 0.5) is 4.79 Å². The zero-order valence-corrected chi connectivity index (χ0v) is 12.8. The van der Waals surface area contributed by atoms with Gasteiger partial charge in [-0.1, -0.05) is 36.3 Å². The number of urea groups is 1. The third-order valence-corrected chi connectivity index (χ3v) is 3.97. The van der Waals surface area contributed by atoms with Crippen LogP contribution in [-0.4, -0.2) is 45.7 Å². The number of rotatable bonds is 3. The van der Waals surface area contributed by atoms with E-state index in [0.29, 0.717) is 12.4 Å². The summed E-state index contributed by atoms with van der Waals surface area (Å²) >= 11 is 0. The van der Waals surface area contributed by atoms with Crippen molar-refractivity contribution >= 4 is 6.03 Å². The molecule has 118 valence electrons. The van der Waals surface area contributed by atoms with Gasteiger partial charge in [-0.3, -0.25) is 5.10 Å². The molecule has 2 N–H and O–H groups in total. The number of hydrogen-bond acceptors (Lipinski definition) is 3. The molecular formula is C17H19N5O. The molecule has 1 aliphatic rings. The van der Waals surface area contributed by atoms with Gasteiger partial charge in [0.2, 0.25) is 0 Å². The van der Waals surface area contributed by atoms with E-state index in [1.807, 2.05) is 30.3 Å². The Morgan fingerprint density at radius 1 is 1.43 bits per heavy atom. The maximum atomic E-state index is 12.0. The predicted molar refractivity (Wildman–Crippen MR) is 87.6 cm³/mol. The smallest absolute Gasteiger partial charge is 0.318 e. The number of carbonyl (C=O) groups excluding carboxylic acids is 1. The Bertz CT molecular complexity index is 703. The van der Waals surface area contributed by atoms with Crippen molar-refractivity contribution in [2.75, 3.05) is 19.6 Å². The van der Waals surface area contributed by atoms with Crippen molar-refractivity contribution in [3.63, 3.8) is 0 Å². The summed E-state index contributed by atoms with van der Waals surface area (Å²) in [6.07, 6.45) is 7.10. The average molecular weight is 309 g/mol. The van der Waals surface area contributed by atoms with Crippen LogP contribution >= 0.6 is 0 Å². The van der Waals surface area contributed by atoms with E-state index >= 15 is 0 Å². The van der Waals surface area contributed by atoms with E-state index in [2.05, 4.69) is 26.4 Å². The quantitative estimate of drug-likeness (QED) is 0.852. The van der Waals surface area contributed by atoms with Gasteiger partial charge in [-0.2, -0.15) is 5.10 Å². The zero-order valence-electron chi connectivity index (χ0n) is 12.8. The predicted octanol–water partition coefficient (Wildman–Crippen LogP) is 1.99. The lowest BCUT2D eigenvalue weighted by atomic mass is 9.97. The number of aromatic amines is 1. The molecule has 1 aliphatic heterocycles. The number of nitrogens with one attached hydrogen (secondary N) is 2. The van der Waals surface area contributed by atoms with E-state index in [9.17, 15) is 4.79 Å². The summed E-state index contributed by atoms with van der Waals surface area (Å²) in [5.41, 5.74) is 0.981. The number of H-pyrrole nitrogens is 1. The Kier molecular flexibility index (Phi) is 4.57. The van der Waals surface area contributed by atoms with Gasteiger partial charge in [0.15, 0.2) is 5.82 Å². The fourth-order valence-corrected chi connectivity index (χ4v) is 2.80. The van der Waals surface area contributed by atoms with Crippen LogP contribution in [0.15, 0.2) is 30.3 Å². The highest BCUT2D eigenvalue weighted by Gasteiger charge is 2.26. The van der Waals surface area contributed by atoms with Gasteiger partial charge in [-0.15, -0.1) is 6.42 Å². The summed E-state index contributed by atoms with van der Waals surface area (Å²) in [5, 5.41) is 10.0. The normalized spacial score (nSPS) is 17.5. The molecule has 0 aliphatic carbocycles. The summed E-state index contributed by atoms with van der Waals surface area (Å²) in [6, 6.07) is 9.73. The SMILES string of the molecule is C#CCNC(=O)N1CCC[C@H](c2nc(-c3ccccc3)n[nH]2)C1. The van der Waals surface area contributed by atoms with Gasteiger partial charge in [0.25, 0.3) is 0 Å². The molecule has 1 fully saturated rings. The van der Waals surface area contributed by atoms with Crippen molar-refractivity contribution in [2.45, 2.75) is 18.8 Å². The summed E-state index contributed by atoms with van der Waals surface area (Å²) < 4.78 is 0. The third kappa shape index (κ3) is 3.51. The Hall–Kier alpha value is -2.81. The number of amides is 2. The molecule has 0 unspecified atom stereocenters. The molecule has 1 aromatic heterocycles. The van der Waals surface area contributed by atoms with Crippen LogP contribution < -0.4 is 5.32 Å². The molecular weight excluding hydrogens is 290 g/mol. The first-order valence-corrected chi connectivity index (χ1v) is 7.72. The molecule has 1 aromatic carbocycles. The second kappa shape index (κ2) is 6.97. The highest BCUT2D eigenvalue weighted by molar-refractivity contribution is 5.74. The molecule has 6 heteroatoms. The maximum Gasteiger partial charge on any atom is 0.318 e. The van der Waals surface area contributed by atoms with Gasteiger partial charge in [-0.25, -0.2) is 9.78 Å². The minimum atomic E-state index is -0.115. The van der Waals surface area contributed by atoms with Crippen molar-refractivity contribution in [1.29, 1.82) is 0 Å². The summed E-state index contributed by atoms with van der Waals surface area (Å²) in [6.45, 7) is 1.62. The molecule has 0 bridgehead atoms.